The Morgan fingerprint density at radius 1 is 1.10 bits per heavy atom. The van der Waals surface area contributed by atoms with Gasteiger partial charge in [-0.15, -0.1) is 0 Å². The lowest BCUT2D eigenvalue weighted by molar-refractivity contribution is 0.241. The maximum absolute atomic E-state index is 6.00. The van der Waals surface area contributed by atoms with Crippen molar-refractivity contribution < 1.29 is 4.74 Å². The van der Waals surface area contributed by atoms with Gasteiger partial charge >= 0.3 is 0 Å². The Kier molecular flexibility index (Phi) is 7.55. The smallest absolute Gasteiger partial charge is 0.225 e. The van der Waals surface area contributed by atoms with E-state index in [2.05, 4.69) is 49.5 Å². The van der Waals surface area contributed by atoms with E-state index in [0.29, 0.717) is 6.54 Å². The largest absolute Gasteiger partial charge is 0.488 e. The van der Waals surface area contributed by atoms with Crippen molar-refractivity contribution in [2.45, 2.75) is 25.9 Å². The van der Waals surface area contributed by atoms with Gasteiger partial charge in [-0.1, -0.05) is 18.2 Å². The highest BCUT2D eigenvalue weighted by Gasteiger charge is 2.22. The second-order valence-electron chi connectivity index (χ2n) is 7.93. The highest BCUT2D eigenvalue weighted by atomic mass is 16.5. The average Bonchev–Trinajstić information content (AvgIpc) is 3.24. The van der Waals surface area contributed by atoms with Crippen LogP contribution in [0.25, 0.3) is 0 Å². The van der Waals surface area contributed by atoms with E-state index in [0.717, 1.165) is 76.3 Å². The zero-order chi connectivity index (χ0) is 21.3. The summed E-state index contributed by atoms with van der Waals surface area (Å²) in [4.78, 5) is 18.2. The van der Waals surface area contributed by atoms with E-state index in [4.69, 9.17) is 9.73 Å². The van der Waals surface area contributed by atoms with Crippen molar-refractivity contribution in [1.29, 1.82) is 0 Å². The molecule has 1 atom stereocenters. The number of fused-ring (bicyclic) bond motifs is 1. The van der Waals surface area contributed by atoms with Gasteiger partial charge in [0.05, 0.1) is 6.54 Å². The molecule has 0 aliphatic carbocycles. The third-order valence-corrected chi connectivity index (χ3v) is 5.66. The van der Waals surface area contributed by atoms with Gasteiger partial charge < -0.3 is 20.3 Å². The monoisotopic (exact) mass is 423 g/mol. The second-order valence-corrected chi connectivity index (χ2v) is 7.93. The number of aliphatic imine (C=N–C) groups is 1. The zero-order valence-electron chi connectivity index (χ0n) is 18.3. The number of rotatable bonds is 8. The molecular weight excluding hydrogens is 390 g/mol. The second kappa shape index (κ2) is 10.9. The number of piperazine rings is 1. The molecule has 0 spiro atoms. The van der Waals surface area contributed by atoms with Gasteiger partial charge in [0.1, 0.15) is 11.9 Å². The first-order valence-corrected chi connectivity index (χ1v) is 11.3. The molecule has 31 heavy (non-hydrogen) atoms. The number of hydrogen-bond donors (Lipinski definition) is 2. The van der Waals surface area contributed by atoms with E-state index in [-0.39, 0.29) is 6.10 Å². The minimum absolute atomic E-state index is 0.123. The van der Waals surface area contributed by atoms with Gasteiger partial charge in [0.15, 0.2) is 5.96 Å². The summed E-state index contributed by atoms with van der Waals surface area (Å²) in [5.74, 6) is 2.71. The molecule has 0 radical (unpaired) electrons. The summed E-state index contributed by atoms with van der Waals surface area (Å²) < 4.78 is 6.00. The number of aromatic nitrogens is 2. The molecule has 1 unspecified atom stereocenters. The SMILES string of the molecule is CCNC(=NCC1Cc2ccccc2O1)NCCCN1CCN(c2ncccn2)CC1. The Balaban J connectivity index is 1.15. The van der Waals surface area contributed by atoms with Crippen LogP contribution in [0, 0.1) is 0 Å². The van der Waals surface area contributed by atoms with Gasteiger partial charge in [0.2, 0.25) is 5.95 Å². The van der Waals surface area contributed by atoms with Crippen LogP contribution in [0.2, 0.25) is 0 Å². The van der Waals surface area contributed by atoms with Crippen molar-refractivity contribution in [3.8, 4) is 5.75 Å². The molecule has 1 aromatic heterocycles. The summed E-state index contributed by atoms with van der Waals surface area (Å²) in [6.45, 7) is 9.63. The molecule has 2 N–H and O–H groups in total. The summed E-state index contributed by atoms with van der Waals surface area (Å²) >= 11 is 0. The number of hydrogen-bond acceptors (Lipinski definition) is 6. The summed E-state index contributed by atoms with van der Waals surface area (Å²) in [5, 5.41) is 6.81. The summed E-state index contributed by atoms with van der Waals surface area (Å²) in [7, 11) is 0. The van der Waals surface area contributed by atoms with Crippen molar-refractivity contribution in [1.82, 2.24) is 25.5 Å². The third kappa shape index (κ3) is 6.07. The van der Waals surface area contributed by atoms with Crippen LogP contribution in [0.15, 0.2) is 47.7 Å². The molecule has 0 bridgehead atoms. The van der Waals surface area contributed by atoms with Crippen LogP contribution in [0.3, 0.4) is 0 Å². The van der Waals surface area contributed by atoms with Crippen molar-refractivity contribution in [2.75, 3.05) is 57.3 Å². The number of para-hydroxylation sites is 1. The molecule has 1 fully saturated rings. The highest BCUT2D eigenvalue weighted by Crippen LogP contribution is 2.28. The van der Waals surface area contributed by atoms with E-state index in [1.165, 1.54) is 5.56 Å². The van der Waals surface area contributed by atoms with Crippen LogP contribution in [0.1, 0.15) is 18.9 Å². The van der Waals surface area contributed by atoms with Gasteiger partial charge in [-0.3, -0.25) is 4.90 Å². The maximum atomic E-state index is 6.00. The lowest BCUT2D eigenvalue weighted by Crippen LogP contribution is -2.47. The molecule has 1 saturated heterocycles. The summed E-state index contributed by atoms with van der Waals surface area (Å²) in [6.07, 6.45) is 5.75. The number of ether oxygens (including phenoxy) is 1. The Hall–Kier alpha value is -2.87. The number of nitrogens with one attached hydrogen (secondary N) is 2. The standard InChI is InChI=1S/C23H33N7O/c1-2-24-22(28-18-20-17-19-7-3-4-8-21(19)31-20)25-11-6-12-29-13-15-30(16-14-29)23-26-9-5-10-27-23/h3-5,7-10,20H,2,6,11-18H2,1H3,(H2,24,25,28). The highest BCUT2D eigenvalue weighted by molar-refractivity contribution is 5.79. The van der Waals surface area contributed by atoms with Gasteiger partial charge in [-0.25, -0.2) is 15.0 Å². The van der Waals surface area contributed by atoms with Gasteiger partial charge in [-0.2, -0.15) is 0 Å². The molecule has 1 aromatic carbocycles. The van der Waals surface area contributed by atoms with Crippen LogP contribution < -0.4 is 20.3 Å². The van der Waals surface area contributed by atoms with Crippen LogP contribution in [0.5, 0.6) is 5.75 Å². The Morgan fingerprint density at radius 2 is 1.90 bits per heavy atom. The molecule has 3 heterocycles. The molecular formula is C23H33N7O. The average molecular weight is 424 g/mol. The molecule has 166 valence electrons. The molecule has 4 rings (SSSR count). The lowest BCUT2D eigenvalue weighted by atomic mass is 10.1. The van der Waals surface area contributed by atoms with E-state index >= 15 is 0 Å². The van der Waals surface area contributed by atoms with Gasteiger partial charge in [0.25, 0.3) is 0 Å². The predicted molar refractivity (Wildman–Crippen MR) is 124 cm³/mol. The Bertz CT molecular complexity index is 812. The fraction of sp³-hybridized carbons (Fsp3) is 0.522. The summed E-state index contributed by atoms with van der Waals surface area (Å²) in [5.41, 5.74) is 1.28. The fourth-order valence-corrected chi connectivity index (χ4v) is 4.03. The quantitative estimate of drug-likeness (QED) is 0.379. The topological polar surface area (TPSA) is 77.9 Å². The number of benzene rings is 1. The Labute approximate surface area is 184 Å². The van der Waals surface area contributed by atoms with Gasteiger partial charge in [0, 0.05) is 58.1 Å². The minimum atomic E-state index is 0.123. The van der Waals surface area contributed by atoms with Crippen molar-refractivity contribution in [3.63, 3.8) is 0 Å². The van der Waals surface area contributed by atoms with E-state index in [1.807, 2.05) is 30.6 Å². The molecule has 2 aliphatic rings. The normalized spacial score (nSPS) is 19.1. The minimum Gasteiger partial charge on any atom is -0.488 e. The predicted octanol–water partition coefficient (Wildman–Crippen LogP) is 1.55. The van der Waals surface area contributed by atoms with E-state index in [1.54, 1.807) is 0 Å². The van der Waals surface area contributed by atoms with Gasteiger partial charge in [-0.05, 0) is 37.6 Å². The molecule has 0 saturated carbocycles. The van der Waals surface area contributed by atoms with Crippen LogP contribution >= 0.6 is 0 Å². The molecule has 8 nitrogen and oxygen atoms in total. The summed E-state index contributed by atoms with van der Waals surface area (Å²) in [6, 6.07) is 10.1. The number of anilines is 1. The molecule has 8 heteroatoms. The first-order valence-electron chi connectivity index (χ1n) is 11.3. The first kappa shape index (κ1) is 21.4. The van der Waals surface area contributed by atoms with E-state index in [9.17, 15) is 0 Å². The number of nitrogens with zero attached hydrogens (tertiary/aromatic N) is 5. The molecule has 2 aliphatic heterocycles. The first-order chi connectivity index (χ1) is 15.3. The molecule has 0 amide bonds. The van der Waals surface area contributed by atoms with Crippen molar-refractivity contribution in [2.24, 2.45) is 4.99 Å². The van der Waals surface area contributed by atoms with Crippen LogP contribution in [-0.4, -0.2) is 79.3 Å². The maximum Gasteiger partial charge on any atom is 0.225 e. The number of guanidine groups is 1. The Morgan fingerprint density at radius 3 is 2.68 bits per heavy atom. The molecule has 2 aromatic rings. The van der Waals surface area contributed by atoms with Crippen LogP contribution in [0.4, 0.5) is 5.95 Å². The lowest BCUT2D eigenvalue weighted by Gasteiger charge is -2.34. The van der Waals surface area contributed by atoms with E-state index < -0.39 is 0 Å². The fourth-order valence-electron chi connectivity index (χ4n) is 4.03. The third-order valence-electron chi connectivity index (χ3n) is 5.66. The van der Waals surface area contributed by atoms with Crippen molar-refractivity contribution >= 4 is 11.9 Å². The van der Waals surface area contributed by atoms with Crippen LogP contribution in [-0.2, 0) is 6.42 Å². The van der Waals surface area contributed by atoms with Crippen molar-refractivity contribution in [3.05, 3.63) is 48.3 Å². The zero-order valence-corrected chi connectivity index (χ0v) is 18.3.